The zero-order chi connectivity index (χ0) is 18.6. The first-order chi connectivity index (χ1) is 11.9. The van der Waals surface area contributed by atoms with E-state index in [0.29, 0.717) is 11.3 Å². The molecule has 1 aliphatic rings. The molecule has 0 amide bonds. The minimum atomic E-state index is -1.54. The van der Waals surface area contributed by atoms with Crippen LogP contribution in [0.1, 0.15) is 5.56 Å². The Kier molecular flexibility index (Phi) is 6.96. The van der Waals surface area contributed by atoms with Gasteiger partial charge in [-0.15, -0.1) is 0 Å². The molecule has 1 unspecified atom stereocenters. The average Bonchev–Trinajstić information content (AvgIpc) is 2.60. The molecule has 1 heterocycles. The maximum Gasteiger partial charge on any atom is 0.186 e. The number of phenolic OH excluding ortho intramolecular Hbond substituents is 1. The maximum atomic E-state index is 10.1. The number of benzene rings is 1. The standard InChI is InChI=1S/C16H24O9/c1-23-11-5-9(18)3-2-8(11)4-10(19)7-24-16-15(22)14(21)13(20)12(6-17)25-16/h2-3,5,10,12-22H,4,6-7H2,1H3/t10?,12-,13-,14+,15-,16-/m1/s1. The van der Waals surface area contributed by atoms with Crippen LogP contribution in [0.5, 0.6) is 11.5 Å². The Morgan fingerprint density at radius 1 is 1.16 bits per heavy atom. The van der Waals surface area contributed by atoms with Gasteiger partial charge in [0.15, 0.2) is 6.29 Å². The molecule has 2 rings (SSSR count). The Balaban J connectivity index is 1.92. The predicted octanol–water partition coefficient (Wildman–Crippen LogP) is -1.88. The van der Waals surface area contributed by atoms with E-state index in [9.17, 15) is 25.5 Å². The highest BCUT2D eigenvalue weighted by molar-refractivity contribution is 5.40. The third-order valence-corrected chi connectivity index (χ3v) is 4.03. The van der Waals surface area contributed by atoms with Crippen LogP contribution in [0.4, 0.5) is 0 Å². The van der Waals surface area contributed by atoms with Crippen LogP contribution in [0.25, 0.3) is 0 Å². The highest BCUT2D eigenvalue weighted by Gasteiger charge is 2.44. The quantitative estimate of drug-likeness (QED) is 0.328. The second kappa shape index (κ2) is 8.77. The SMILES string of the molecule is COc1cc(O)ccc1CC(O)CO[C@@H]1O[C@H](CO)[C@@H](O)[C@H](O)[C@H]1O. The van der Waals surface area contributed by atoms with E-state index in [4.69, 9.17) is 19.3 Å². The van der Waals surface area contributed by atoms with Crippen LogP contribution in [0.15, 0.2) is 18.2 Å². The van der Waals surface area contributed by atoms with E-state index < -0.39 is 43.4 Å². The second-order valence-corrected chi connectivity index (χ2v) is 5.88. The van der Waals surface area contributed by atoms with Gasteiger partial charge in [0.25, 0.3) is 0 Å². The second-order valence-electron chi connectivity index (χ2n) is 5.88. The van der Waals surface area contributed by atoms with Gasteiger partial charge in [0.1, 0.15) is 35.9 Å². The summed E-state index contributed by atoms with van der Waals surface area (Å²) in [6.07, 6.45) is -7.72. The molecule has 0 saturated carbocycles. The molecular formula is C16H24O9. The molecule has 0 aliphatic carbocycles. The van der Waals surface area contributed by atoms with Crippen molar-refractivity contribution in [1.82, 2.24) is 0 Å². The summed E-state index contributed by atoms with van der Waals surface area (Å²) in [7, 11) is 1.44. The molecule has 6 N–H and O–H groups in total. The fraction of sp³-hybridized carbons (Fsp3) is 0.625. The van der Waals surface area contributed by atoms with Crippen LogP contribution >= 0.6 is 0 Å². The molecule has 0 aromatic heterocycles. The molecule has 0 bridgehead atoms. The Labute approximate surface area is 144 Å². The van der Waals surface area contributed by atoms with Crippen molar-refractivity contribution < 1.29 is 44.8 Å². The Bertz CT molecular complexity index is 550. The molecule has 142 valence electrons. The molecule has 1 aliphatic heterocycles. The van der Waals surface area contributed by atoms with Crippen LogP contribution < -0.4 is 4.74 Å². The molecule has 25 heavy (non-hydrogen) atoms. The summed E-state index contributed by atoms with van der Waals surface area (Å²) in [4.78, 5) is 0. The fourth-order valence-electron chi connectivity index (χ4n) is 2.63. The van der Waals surface area contributed by atoms with Crippen molar-refractivity contribution in [3.05, 3.63) is 23.8 Å². The third kappa shape index (κ3) is 4.79. The van der Waals surface area contributed by atoms with Crippen molar-refractivity contribution in [2.75, 3.05) is 20.3 Å². The summed E-state index contributed by atoms with van der Waals surface area (Å²) in [6.45, 7) is -0.787. The number of methoxy groups -OCH3 is 1. The molecule has 9 nitrogen and oxygen atoms in total. The number of phenols is 1. The molecule has 1 aromatic rings. The number of aliphatic hydroxyl groups is 5. The summed E-state index contributed by atoms with van der Waals surface area (Å²) in [5, 5.41) is 57.9. The molecule has 0 radical (unpaired) electrons. The van der Waals surface area contributed by atoms with Gasteiger partial charge in [-0.05, 0) is 11.6 Å². The van der Waals surface area contributed by atoms with Gasteiger partial charge in [-0.2, -0.15) is 0 Å². The summed E-state index contributed by atoms with van der Waals surface area (Å²) < 4.78 is 15.6. The van der Waals surface area contributed by atoms with E-state index in [1.807, 2.05) is 0 Å². The van der Waals surface area contributed by atoms with Gasteiger partial charge >= 0.3 is 0 Å². The summed E-state index contributed by atoms with van der Waals surface area (Å²) in [5.41, 5.74) is 0.644. The highest BCUT2D eigenvalue weighted by atomic mass is 16.7. The molecule has 9 heteroatoms. The van der Waals surface area contributed by atoms with Crippen molar-refractivity contribution in [3.63, 3.8) is 0 Å². The predicted molar refractivity (Wildman–Crippen MR) is 84.1 cm³/mol. The summed E-state index contributed by atoms with van der Waals surface area (Å²) in [5.74, 6) is 0.444. The fourth-order valence-corrected chi connectivity index (χ4v) is 2.63. The summed E-state index contributed by atoms with van der Waals surface area (Å²) in [6, 6.07) is 4.48. The van der Waals surface area contributed by atoms with E-state index in [1.165, 1.54) is 19.2 Å². The van der Waals surface area contributed by atoms with Gasteiger partial charge in [-0.3, -0.25) is 0 Å². The van der Waals surface area contributed by atoms with Crippen LogP contribution in [-0.2, 0) is 15.9 Å². The largest absolute Gasteiger partial charge is 0.508 e. The van der Waals surface area contributed by atoms with Crippen LogP contribution in [0, 0.1) is 0 Å². The number of rotatable bonds is 7. The van der Waals surface area contributed by atoms with Crippen LogP contribution in [0.3, 0.4) is 0 Å². The normalized spacial score (nSPS) is 30.9. The molecule has 0 spiro atoms. The number of aromatic hydroxyl groups is 1. The Hall–Kier alpha value is -1.46. The minimum Gasteiger partial charge on any atom is -0.508 e. The van der Waals surface area contributed by atoms with Gasteiger partial charge < -0.3 is 44.8 Å². The van der Waals surface area contributed by atoms with E-state index in [2.05, 4.69) is 0 Å². The van der Waals surface area contributed by atoms with E-state index in [1.54, 1.807) is 6.07 Å². The van der Waals surface area contributed by atoms with Gasteiger partial charge in [-0.1, -0.05) is 6.07 Å². The smallest absolute Gasteiger partial charge is 0.186 e. The van der Waals surface area contributed by atoms with E-state index >= 15 is 0 Å². The molecule has 1 fully saturated rings. The number of ether oxygens (including phenoxy) is 3. The van der Waals surface area contributed by atoms with Crippen molar-refractivity contribution in [2.24, 2.45) is 0 Å². The van der Waals surface area contributed by atoms with Crippen molar-refractivity contribution in [1.29, 1.82) is 0 Å². The third-order valence-electron chi connectivity index (χ3n) is 4.03. The first-order valence-electron chi connectivity index (χ1n) is 7.83. The van der Waals surface area contributed by atoms with Crippen molar-refractivity contribution in [2.45, 2.75) is 43.2 Å². The first-order valence-corrected chi connectivity index (χ1v) is 7.83. The molecule has 1 aromatic carbocycles. The Morgan fingerprint density at radius 3 is 2.52 bits per heavy atom. The number of hydrogen-bond acceptors (Lipinski definition) is 9. The maximum absolute atomic E-state index is 10.1. The molecular weight excluding hydrogens is 336 g/mol. The van der Waals surface area contributed by atoms with Crippen LogP contribution in [-0.4, -0.2) is 87.8 Å². The van der Waals surface area contributed by atoms with Crippen molar-refractivity contribution >= 4 is 0 Å². The minimum absolute atomic E-state index is 0.0349. The lowest BCUT2D eigenvalue weighted by Gasteiger charge is -2.39. The number of hydrogen-bond donors (Lipinski definition) is 6. The number of aliphatic hydroxyl groups excluding tert-OH is 5. The van der Waals surface area contributed by atoms with Gasteiger partial charge in [-0.25, -0.2) is 0 Å². The van der Waals surface area contributed by atoms with E-state index in [-0.39, 0.29) is 18.8 Å². The average molecular weight is 360 g/mol. The molecule has 1 saturated heterocycles. The highest BCUT2D eigenvalue weighted by Crippen LogP contribution is 2.26. The Morgan fingerprint density at radius 2 is 1.88 bits per heavy atom. The molecule has 6 atom stereocenters. The zero-order valence-electron chi connectivity index (χ0n) is 13.7. The lowest BCUT2D eigenvalue weighted by atomic mass is 9.99. The monoisotopic (exact) mass is 360 g/mol. The lowest BCUT2D eigenvalue weighted by molar-refractivity contribution is -0.304. The van der Waals surface area contributed by atoms with Gasteiger partial charge in [0, 0.05) is 12.5 Å². The summed E-state index contributed by atoms with van der Waals surface area (Å²) >= 11 is 0. The first kappa shape index (κ1) is 19.9. The van der Waals surface area contributed by atoms with Gasteiger partial charge in [0.05, 0.1) is 26.4 Å². The van der Waals surface area contributed by atoms with Crippen molar-refractivity contribution in [3.8, 4) is 11.5 Å². The topological polar surface area (TPSA) is 149 Å². The van der Waals surface area contributed by atoms with Crippen LogP contribution in [0.2, 0.25) is 0 Å². The lowest BCUT2D eigenvalue weighted by Crippen LogP contribution is -2.59. The van der Waals surface area contributed by atoms with Gasteiger partial charge in [0.2, 0.25) is 0 Å². The van der Waals surface area contributed by atoms with E-state index in [0.717, 1.165) is 0 Å². The zero-order valence-corrected chi connectivity index (χ0v) is 13.7.